The highest BCUT2D eigenvalue weighted by atomic mass is 14.8. The second kappa shape index (κ2) is 13.6. The fourth-order valence-corrected chi connectivity index (χ4v) is 8.64. The highest BCUT2D eigenvalue weighted by Gasteiger charge is 2.28. The van der Waals surface area contributed by atoms with Crippen LogP contribution in [0, 0.1) is 27.7 Å². The van der Waals surface area contributed by atoms with Crippen LogP contribution in [-0.2, 0) is 0 Å². The molecule has 274 valence electrons. The summed E-state index contributed by atoms with van der Waals surface area (Å²) in [5.41, 5.74) is 26.6. The molecule has 2 N–H and O–H groups in total. The van der Waals surface area contributed by atoms with E-state index in [-0.39, 0.29) is 0 Å². The van der Waals surface area contributed by atoms with Crippen molar-refractivity contribution in [3.63, 3.8) is 0 Å². The average Bonchev–Trinajstić information content (AvgIpc) is 3.89. The first kappa shape index (κ1) is 35.2. The number of allylic oxidation sites excluding steroid dienone is 4. The molecule has 4 heteroatoms. The summed E-state index contributed by atoms with van der Waals surface area (Å²) in [6.07, 6.45) is 0. The van der Waals surface area contributed by atoms with Crippen LogP contribution in [0.1, 0.15) is 72.7 Å². The van der Waals surface area contributed by atoms with Crippen molar-refractivity contribution in [1.82, 2.24) is 19.9 Å². The van der Waals surface area contributed by atoms with Crippen molar-refractivity contribution in [3.05, 3.63) is 166 Å². The first-order valence-electron chi connectivity index (χ1n) is 19.5. The maximum Gasteiger partial charge on any atom is 0.0769 e. The number of aromatic amines is 2. The molecule has 0 radical (unpaired) electrons. The van der Waals surface area contributed by atoms with E-state index in [2.05, 4.69) is 187 Å². The molecular weight excluding hydrogens is 681 g/mol. The van der Waals surface area contributed by atoms with E-state index in [1.807, 2.05) is 0 Å². The van der Waals surface area contributed by atoms with Crippen molar-refractivity contribution >= 4 is 44.4 Å². The molecule has 0 unspecified atom stereocenters. The fraction of sp³-hybridized carbons (Fsp3) is 0.154. The molecule has 2 aliphatic heterocycles. The zero-order valence-corrected chi connectivity index (χ0v) is 33.4. The van der Waals surface area contributed by atoms with Gasteiger partial charge < -0.3 is 9.97 Å². The van der Waals surface area contributed by atoms with Gasteiger partial charge >= 0.3 is 0 Å². The lowest BCUT2D eigenvalue weighted by molar-refractivity contribution is 1.28. The van der Waals surface area contributed by atoms with Crippen molar-refractivity contribution < 1.29 is 0 Å². The minimum Gasteiger partial charge on any atom is -0.354 e. The lowest BCUT2D eigenvalue weighted by Crippen LogP contribution is -1.91. The Balaban J connectivity index is 1.63. The molecule has 3 aromatic heterocycles. The van der Waals surface area contributed by atoms with Gasteiger partial charge in [0.05, 0.1) is 44.8 Å². The van der Waals surface area contributed by atoms with Crippen LogP contribution < -0.4 is 0 Å². The first-order valence-corrected chi connectivity index (χ1v) is 19.5. The molecule has 5 heterocycles. The predicted octanol–water partition coefficient (Wildman–Crippen LogP) is 14.1. The number of benzene rings is 4. The van der Waals surface area contributed by atoms with E-state index in [4.69, 9.17) is 9.97 Å². The molecule has 0 spiro atoms. The molecule has 8 bridgehead atoms. The molecule has 0 saturated heterocycles. The summed E-state index contributed by atoms with van der Waals surface area (Å²) in [4.78, 5) is 19.5. The van der Waals surface area contributed by atoms with Gasteiger partial charge in [-0.05, 0) is 122 Å². The molecule has 0 aliphatic carbocycles. The number of aromatic nitrogens is 4. The average molecular weight is 727 g/mol. The summed E-state index contributed by atoms with van der Waals surface area (Å²) in [6, 6.07) is 43.0. The quantitative estimate of drug-likeness (QED) is 0.190. The summed E-state index contributed by atoms with van der Waals surface area (Å²) >= 11 is 0. The smallest absolute Gasteiger partial charge is 0.0769 e. The number of fused-ring (bicyclic) bond motifs is 8. The van der Waals surface area contributed by atoms with Gasteiger partial charge in [0.2, 0.25) is 0 Å². The van der Waals surface area contributed by atoms with Gasteiger partial charge in [-0.25, -0.2) is 9.97 Å². The summed E-state index contributed by atoms with van der Waals surface area (Å²) in [5.74, 6) is 0. The minimum absolute atomic E-state index is 0.986. The van der Waals surface area contributed by atoms with E-state index in [0.717, 1.165) is 89.4 Å². The zero-order chi connectivity index (χ0) is 38.8. The second-order valence-corrected chi connectivity index (χ2v) is 15.3. The SMILES string of the molecule is CC1=C(C)c2nc1c(-c1ccccc1)c1[nH]c(c(C)c1C)c(-c1ccccc1)c1nc(c(-c3ccccc3)c3[nH]c(c(C)c3C)c2-c2ccccc2)C(C)=C1C. The van der Waals surface area contributed by atoms with Gasteiger partial charge in [-0.15, -0.1) is 0 Å². The Morgan fingerprint density at radius 3 is 0.679 bits per heavy atom. The lowest BCUT2D eigenvalue weighted by atomic mass is 9.94. The standard InChI is InChI=1S/C52H46N4/c1-29-30(2)46-42(38-23-15-10-16-24-38)48-33(5)34(6)50(55-48)44(40-27-19-12-20-28-40)52-36(8)35(7)51(56-52)43(39-25-17-11-18-26-39)49-32(4)31(3)47(54-49)41(45(29)53-46)37-21-13-9-14-22-37/h9-28,53,56H,1-8H3. The Bertz CT molecular complexity index is 2550. The van der Waals surface area contributed by atoms with Crippen molar-refractivity contribution in [3.8, 4) is 44.5 Å². The number of rotatable bonds is 4. The topological polar surface area (TPSA) is 57.4 Å². The summed E-state index contributed by atoms with van der Waals surface area (Å²) in [7, 11) is 0. The largest absolute Gasteiger partial charge is 0.354 e. The Morgan fingerprint density at radius 2 is 0.482 bits per heavy atom. The summed E-state index contributed by atoms with van der Waals surface area (Å²) in [5, 5.41) is 0. The molecule has 4 nitrogen and oxygen atoms in total. The molecule has 0 atom stereocenters. The van der Waals surface area contributed by atoms with Crippen molar-refractivity contribution in [2.45, 2.75) is 55.4 Å². The van der Waals surface area contributed by atoms with Crippen LogP contribution in [0.15, 0.2) is 121 Å². The maximum atomic E-state index is 5.72. The number of H-pyrrole nitrogens is 2. The van der Waals surface area contributed by atoms with E-state index in [1.165, 1.54) is 44.5 Å². The minimum atomic E-state index is 0.986. The fourth-order valence-electron chi connectivity index (χ4n) is 8.64. The van der Waals surface area contributed by atoms with E-state index >= 15 is 0 Å². The maximum absolute atomic E-state index is 5.72. The molecule has 0 fully saturated rings. The van der Waals surface area contributed by atoms with E-state index in [0.29, 0.717) is 0 Å². The molecule has 2 aliphatic rings. The van der Waals surface area contributed by atoms with Gasteiger partial charge in [-0.2, -0.15) is 0 Å². The third kappa shape index (κ3) is 5.43. The number of hydrogen-bond acceptors (Lipinski definition) is 2. The molecule has 0 amide bonds. The monoisotopic (exact) mass is 726 g/mol. The van der Waals surface area contributed by atoms with Crippen LogP contribution in [0.3, 0.4) is 0 Å². The van der Waals surface area contributed by atoms with E-state index in [1.54, 1.807) is 0 Å². The number of hydrogen-bond donors (Lipinski definition) is 2. The van der Waals surface area contributed by atoms with Crippen LogP contribution in [0.25, 0.3) is 88.9 Å². The van der Waals surface area contributed by atoms with Gasteiger partial charge in [0.25, 0.3) is 0 Å². The van der Waals surface area contributed by atoms with Crippen LogP contribution in [0.4, 0.5) is 0 Å². The van der Waals surface area contributed by atoms with Crippen molar-refractivity contribution in [2.24, 2.45) is 0 Å². The molecule has 7 aromatic rings. The van der Waals surface area contributed by atoms with Crippen LogP contribution in [-0.4, -0.2) is 19.9 Å². The van der Waals surface area contributed by atoms with E-state index < -0.39 is 0 Å². The van der Waals surface area contributed by atoms with Gasteiger partial charge in [-0.3, -0.25) is 0 Å². The Morgan fingerprint density at radius 1 is 0.286 bits per heavy atom. The highest BCUT2D eigenvalue weighted by Crippen LogP contribution is 2.47. The zero-order valence-electron chi connectivity index (χ0n) is 33.4. The van der Waals surface area contributed by atoms with E-state index in [9.17, 15) is 0 Å². The Kier molecular flexibility index (Phi) is 8.58. The van der Waals surface area contributed by atoms with Crippen molar-refractivity contribution in [1.29, 1.82) is 0 Å². The molecule has 4 aromatic carbocycles. The van der Waals surface area contributed by atoms with Gasteiger partial charge in [0.15, 0.2) is 0 Å². The van der Waals surface area contributed by atoms with Gasteiger partial charge in [0.1, 0.15) is 0 Å². The van der Waals surface area contributed by atoms with Crippen LogP contribution in [0.2, 0.25) is 0 Å². The summed E-state index contributed by atoms with van der Waals surface area (Å²) in [6.45, 7) is 17.9. The Hall–Kier alpha value is -6.52. The Labute approximate surface area is 329 Å². The van der Waals surface area contributed by atoms with Crippen molar-refractivity contribution in [2.75, 3.05) is 0 Å². The number of aryl methyl sites for hydroxylation is 4. The third-order valence-corrected chi connectivity index (χ3v) is 12.3. The third-order valence-electron chi connectivity index (χ3n) is 12.3. The molecule has 9 rings (SSSR count). The van der Waals surface area contributed by atoms with Crippen LogP contribution >= 0.6 is 0 Å². The normalized spacial score (nSPS) is 12.9. The lowest BCUT2D eigenvalue weighted by Gasteiger charge is -2.08. The second-order valence-electron chi connectivity index (χ2n) is 15.3. The number of nitrogens with one attached hydrogen (secondary N) is 2. The van der Waals surface area contributed by atoms with Gasteiger partial charge in [0, 0.05) is 22.3 Å². The molecule has 0 saturated carbocycles. The highest BCUT2D eigenvalue weighted by molar-refractivity contribution is 6.08. The number of nitrogens with zero attached hydrogens (tertiary/aromatic N) is 2. The molecule has 56 heavy (non-hydrogen) atoms. The predicted molar refractivity (Wildman–Crippen MR) is 238 cm³/mol. The summed E-state index contributed by atoms with van der Waals surface area (Å²) < 4.78 is 0. The first-order chi connectivity index (χ1) is 27.2. The van der Waals surface area contributed by atoms with Gasteiger partial charge in [-0.1, -0.05) is 121 Å². The molecular formula is C52H46N4. The van der Waals surface area contributed by atoms with Crippen LogP contribution in [0.5, 0.6) is 0 Å².